The molecule has 0 aliphatic heterocycles. The van der Waals surface area contributed by atoms with E-state index in [4.69, 9.17) is 0 Å². The topological polar surface area (TPSA) is 99.8 Å². The van der Waals surface area contributed by atoms with Gasteiger partial charge in [-0.05, 0) is 42.3 Å². The van der Waals surface area contributed by atoms with E-state index in [0.29, 0.717) is 22.0 Å². The molecule has 7 nitrogen and oxygen atoms in total. The third kappa shape index (κ3) is 4.50. The zero-order valence-electron chi connectivity index (χ0n) is 17.7. The minimum Gasteiger partial charge on any atom is -0.358 e. The van der Waals surface area contributed by atoms with E-state index in [9.17, 15) is 22.8 Å². The lowest BCUT2D eigenvalue weighted by molar-refractivity contribution is -0.150. The molecule has 0 saturated carbocycles. The highest BCUT2D eigenvalue weighted by atomic mass is 19.4. The Kier molecular flexibility index (Phi) is 5.75. The SMILES string of the molecule is CC(C)[C@@H](Nc1nc2cc[nH]c(=O)c2c2cc(NC(=O)c3ccncc3)ccc12)C(F)(F)F. The molecule has 3 heterocycles. The van der Waals surface area contributed by atoms with Gasteiger partial charge in [-0.2, -0.15) is 13.2 Å². The second-order valence-electron chi connectivity index (χ2n) is 7.89. The molecule has 0 aliphatic rings. The molecule has 170 valence electrons. The van der Waals surface area contributed by atoms with Gasteiger partial charge in [-0.25, -0.2) is 4.98 Å². The normalized spacial score (nSPS) is 12.8. The number of anilines is 2. The number of hydrogen-bond donors (Lipinski definition) is 3. The van der Waals surface area contributed by atoms with Crippen molar-refractivity contribution >= 4 is 39.1 Å². The summed E-state index contributed by atoms with van der Waals surface area (Å²) in [6.07, 6.45) is -0.148. The van der Waals surface area contributed by atoms with E-state index in [0.717, 1.165) is 0 Å². The van der Waals surface area contributed by atoms with Crippen molar-refractivity contribution in [2.75, 3.05) is 10.6 Å². The van der Waals surface area contributed by atoms with Gasteiger partial charge in [-0.1, -0.05) is 13.8 Å². The minimum absolute atomic E-state index is 0.00568. The predicted octanol–water partition coefficient (Wildman–Crippen LogP) is 4.72. The van der Waals surface area contributed by atoms with Crippen LogP contribution in [-0.2, 0) is 0 Å². The van der Waals surface area contributed by atoms with Crippen LogP contribution in [0.15, 0.2) is 59.8 Å². The Balaban J connectivity index is 1.85. The summed E-state index contributed by atoms with van der Waals surface area (Å²) in [6.45, 7) is 2.93. The van der Waals surface area contributed by atoms with Gasteiger partial charge in [0.15, 0.2) is 0 Å². The number of rotatable bonds is 5. The summed E-state index contributed by atoms with van der Waals surface area (Å²) in [6, 6.07) is 7.41. The van der Waals surface area contributed by atoms with Gasteiger partial charge in [-0.15, -0.1) is 0 Å². The van der Waals surface area contributed by atoms with E-state index < -0.39 is 23.7 Å². The van der Waals surface area contributed by atoms with Crippen molar-refractivity contribution in [3.05, 3.63) is 70.9 Å². The highest BCUT2D eigenvalue weighted by Crippen LogP contribution is 2.34. The number of alkyl halides is 3. The maximum atomic E-state index is 13.6. The summed E-state index contributed by atoms with van der Waals surface area (Å²) in [7, 11) is 0. The second-order valence-corrected chi connectivity index (χ2v) is 7.89. The molecule has 0 saturated heterocycles. The van der Waals surface area contributed by atoms with Crippen LogP contribution in [0.5, 0.6) is 0 Å². The zero-order chi connectivity index (χ0) is 23.8. The van der Waals surface area contributed by atoms with E-state index in [2.05, 4.69) is 25.6 Å². The fourth-order valence-corrected chi connectivity index (χ4v) is 3.63. The molecule has 33 heavy (non-hydrogen) atoms. The molecular formula is C23H20F3N5O2. The van der Waals surface area contributed by atoms with Gasteiger partial charge in [-0.3, -0.25) is 14.6 Å². The summed E-state index contributed by atoms with van der Waals surface area (Å²) in [5.41, 5.74) is 0.554. The molecule has 3 aromatic heterocycles. The molecule has 3 N–H and O–H groups in total. The van der Waals surface area contributed by atoms with Crippen LogP contribution >= 0.6 is 0 Å². The molecule has 4 rings (SSSR count). The number of nitrogens with zero attached hydrogens (tertiary/aromatic N) is 2. The molecule has 1 aromatic carbocycles. The van der Waals surface area contributed by atoms with Gasteiger partial charge >= 0.3 is 6.18 Å². The largest absolute Gasteiger partial charge is 0.408 e. The first-order valence-corrected chi connectivity index (χ1v) is 10.1. The van der Waals surface area contributed by atoms with Gasteiger partial charge in [0, 0.05) is 40.6 Å². The second kappa shape index (κ2) is 8.53. The van der Waals surface area contributed by atoms with Gasteiger partial charge in [0.05, 0.1) is 10.9 Å². The minimum atomic E-state index is -4.50. The number of aromatic amines is 1. The first-order chi connectivity index (χ1) is 15.6. The standard InChI is InChI=1S/C23H20F3N5O2/c1-12(2)19(23(24,25)26)31-20-15-4-3-14(29-21(32)13-5-8-27-9-6-13)11-16(15)18-17(30-20)7-10-28-22(18)33/h3-12,19H,1-2H3,(H,28,33)(H,29,32)(H,30,31)/t19-/m1/s1. The number of hydrogen-bond acceptors (Lipinski definition) is 5. The fraction of sp³-hybridized carbons (Fsp3) is 0.217. The number of carbonyl (C=O) groups excluding carboxylic acids is 1. The molecule has 10 heteroatoms. The molecule has 1 atom stereocenters. The van der Waals surface area contributed by atoms with Crippen molar-refractivity contribution < 1.29 is 18.0 Å². The number of amides is 1. The van der Waals surface area contributed by atoms with Crippen molar-refractivity contribution in [1.29, 1.82) is 0 Å². The Morgan fingerprint density at radius 1 is 1.06 bits per heavy atom. The average molecular weight is 455 g/mol. The third-order valence-corrected chi connectivity index (χ3v) is 5.23. The van der Waals surface area contributed by atoms with Crippen LogP contribution in [0, 0.1) is 5.92 Å². The fourth-order valence-electron chi connectivity index (χ4n) is 3.63. The Hall–Kier alpha value is -3.95. The summed E-state index contributed by atoms with van der Waals surface area (Å²) >= 11 is 0. The lowest BCUT2D eigenvalue weighted by Crippen LogP contribution is -2.40. The van der Waals surface area contributed by atoms with Crippen molar-refractivity contribution in [3.8, 4) is 0 Å². The van der Waals surface area contributed by atoms with Crippen LogP contribution in [0.3, 0.4) is 0 Å². The lowest BCUT2D eigenvalue weighted by atomic mass is 10.0. The number of fused-ring (bicyclic) bond motifs is 3. The van der Waals surface area contributed by atoms with E-state index in [1.54, 1.807) is 24.3 Å². The Labute approximate surface area is 186 Å². The number of nitrogens with one attached hydrogen (secondary N) is 3. The molecule has 0 fully saturated rings. The summed E-state index contributed by atoms with van der Waals surface area (Å²) < 4.78 is 40.8. The number of H-pyrrole nitrogens is 1. The van der Waals surface area contributed by atoms with Crippen molar-refractivity contribution in [2.45, 2.75) is 26.1 Å². The Morgan fingerprint density at radius 2 is 1.79 bits per heavy atom. The van der Waals surface area contributed by atoms with Crippen molar-refractivity contribution in [1.82, 2.24) is 15.0 Å². The molecule has 0 radical (unpaired) electrons. The van der Waals surface area contributed by atoms with Gasteiger partial charge < -0.3 is 15.6 Å². The average Bonchev–Trinajstić information content (AvgIpc) is 2.76. The quantitative estimate of drug-likeness (QED) is 0.378. The highest BCUT2D eigenvalue weighted by molar-refractivity contribution is 6.12. The van der Waals surface area contributed by atoms with Crippen molar-refractivity contribution in [2.24, 2.45) is 5.92 Å². The lowest BCUT2D eigenvalue weighted by Gasteiger charge is -2.26. The highest BCUT2D eigenvalue weighted by Gasteiger charge is 2.42. The Bertz CT molecular complexity index is 1380. The van der Waals surface area contributed by atoms with E-state index >= 15 is 0 Å². The van der Waals surface area contributed by atoms with E-state index in [1.807, 2.05) is 0 Å². The smallest absolute Gasteiger partial charge is 0.358 e. The number of pyridine rings is 3. The molecule has 0 unspecified atom stereocenters. The van der Waals surface area contributed by atoms with Crippen LogP contribution in [-0.4, -0.2) is 33.1 Å². The molecule has 0 bridgehead atoms. The molecule has 4 aromatic rings. The summed E-state index contributed by atoms with van der Waals surface area (Å²) in [4.78, 5) is 35.8. The van der Waals surface area contributed by atoms with Crippen LogP contribution in [0.2, 0.25) is 0 Å². The number of aromatic nitrogens is 3. The Morgan fingerprint density at radius 3 is 2.45 bits per heavy atom. The molecule has 1 amide bonds. The first-order valence-electron chi connectivity index (χ1n) is 10.1. The number of halogens is 3. The maximum Gasteiger partial charge on any atom is 0.408 e. The monoisotopic (exact) mass is 455 g/mol. The third-order valence-electron chi connectivity index (χ3n) is 5.23. The van der Waals surface area contributed by atoms with Crippen LogP contribution in [0.1, 0.15) is 24.2 Å². The van der Waals surface area contributed by atoms with Gasteiger partial charge in [0.1, 0.15) is 11.9 Å². The van der Waals surface area contributed by atoms with Gasteiger partial charge in [0.2, 0.25) is 0 Å². The number of carbonyl (C=O) groups is 1. The molecular weight excluding hydrogens is 435 g/mol. The zero-order valence-corrected chi connectivity index (χ0v) is 17.7. The number of benzene rings is 1. The van der Waals surface area contributed by atoms with Crippen LogP contribution in [0.25, 0.3) is 21.7 Å². The van der Waals surface area contributed by atoms with E-state index in [-0.39, 0.29) is 22.6 Å². The van der Waals surface area contributed by atoms with E-state index in [1.165, 1.54) is 44.6 Å². The first kappa shape index (κ1) is 22.3. The summed E-state index contributed by atoms with van der Waals surface area (Å²) in [5, 5.41) is 6.16. The van der Waals surface area contributed by atoms with Crippen molar-refractivity contribution in [3.63, 3.8) is 0 Å². The predicted molar refractivity (Wildman–Crippen MR) is 120 cm³/mol. The molecule has 0 spiro atoms. The van der Waals surface area contributed by atoms with Gasteiger partial charge in [0.25, 0.3) is 11.5 Å². The maximum absolute atomic E-state index is 13.6. The van der Waals surface area contributed by atoms with Crippen LogP contribution < -0.4 is 16.2 Å². The molecule has 0 aliphatic carbocycles. The van der Waals surface area contributed by atoms with Crippen LogP contribution in [0.4, 0.5) is 24.7 Å². The summed E-state index contributed by atoms with van der Waals surface area (Å²) in [5.74, 6) is -1.14.